The lowest BCUT2D eigenvalue weighted by molar-refractivity contribution is 0.0692. The predicted molar refractivity (Wildman–Crippen MR) is 84.6 cm³/mol. The third-order valence-corrected chi connectivity index (χ3v) is 3.72. The molecule has 0 saturated heterocycles. The molecule has 2 aromatic carbocycles. The second-order valence-corrected chi connectivity index (χ2v) is 4.94. The third-order valence-electron chi connectivity index (χ3n) is 3.72. The molecule has 2 aromatic rings. The fourth-order valence-corrected chi connectivity index (χ4v) is 2.65. The number of fused-ring (bicyclic) bond motifs is 1. The molecule has 0 bridgehead atoms. The van der Waals surface area contributed by atoms with E-state index >= 15 is 0 Å². The van der Waals surface area contributed by atoms with Crippen LogP contribution < -0.4 is 23.7 Å². The molecule has 0 amide bonds. The van der Waals surface area contributed by atoms with Gasteiger partial charge in [0.25, 0.3) is 0 Å². The summed E-state index contributed by atoms with van der Waals surface area (Å²) in [6.07, 6.45) is 0. The van der Waals surface area contributed by atoms with Gasteiger partial charge in [0.15, 0.2) is 23.0 Å². The van der Waals surface area contributed by atoms with Crippen molar-refractivity contribution < 1.29 is 33.6 Å². The number of benzene rings is 2. The standard InChI is InChI=1S/C17H16O7/c1-20-14-10(9-4-5-12-13(6-9)24-8-23-12)7-11(17(18)19)15(21-2)16(14)22-3/h4-7H,8H2,1-3H3,(H,18,19). The predicted octanol–water partition coefficient (Wildman–Crippen LogP) is 2.81. The molecule has 0 aromatic heterocycles. The molecule has 1 N–H and O–H groups in total. The van der Waals surface area contributed by atoms with Crippen LogP contribution in [0.4, 0.5) is 0 Å². The summed E-state index contributed by atoms with van der Waals surface area (Å²) in [7, 11) is 4.29. The van der Waals surface area contributed by atoms with E-state index in [4.69, 9.17) is 23.7 Å². The van der Waals surface area contributed by atoms with E-state index in [1.54, 1.807) is 18.2 Å². The zero-order valence-corrected chi connectivity index (χ0v) is 13.4. The molecule has 126 valence electrons. The van der Waals surface area contributed by atoms with Crippen LogP contribution in [0.3, 0.4) is 0 Å². The molecule has 0 fully saturated rings. The quantitative estimate of drug-likeness (QED) is 0.901. The van der Waals surface area contributed by atoms with Crippen molar-refractivity contribution in [2.24, 2.45) is 0 Å². The molecule has 0 radical (unpaired) electrons. The Bertz CT molecular complexity index is 798. The lowest BCUT2D eigenvalue weighted by Crippen LogP contribution is -2.05. The van der Waals surface area contributed by atoms with Crippen LogP contribution in [-0.4, -0.2) is 39.2 Å². The average Bonchev–Trinajstić information content (AvgIpc) is 3.06. The molecule has 0 saturated carbocycles. The minimum absolute atomic E-state index is 0.0252. The van der Waals surface area contributed by atoms with Crippen LogP contribution in [0.5, 0.6) is 28.7 Å². The zero-order valence-electron chi connectivity index (χ0n) is 13.4. The van der Waals surface area contributed by atoms with Crippen LogP contribution in [0.25, 0.3) is 11.1 Å². The van der Waals surface area contributed by atoms with E-state index in [2.05, 4.69) is 0 Å². The van der Waals surface area contributed by atoms with E-state index in [1.165, 1.54) is 27.4 Å². The maximum absolute atomic E-state index is 11.6. The number of hydrogen-bond donors (Lipinski definition) is 1. The van der Waals surface area contributed by atoms with E-state index in [0.29, 0.717) is 28.4 Å². The number of ether oxygens (including phenoxy) is 5. The lowest BCUT2D eigenvalue weighted by atomic mass is 9.99. The highest BCUT2D eigenvalue weighted by Crippen LogP contribution is 2.48. The maximum atomic E-state index is 11.6. The highest BCUT2D eigenvalue weighted by atomic mass is 16.7. The molecule has 0 spiro atoms. The smallest absolute Gasteiger partial charge is 0.339 e. The second kappa shape index (κ2) is 6.19. The normalized spacial score (nSPS) is 12.0. The van der Waals surface area contributed by atoms with Crippen molar-refractivity contribution in [1.29, 1.82) is 0 Å². The lowest BCUT2D eigenvalue weighted by Gasteiger charge is -2.18. The van der Waals surface area contributed by atoms with Crippen LogP contribution in [0.1, 0.15) is 10.4 Å². The van der Waals surface area contributed by atoms with Crippen LogP contribution >= 0.6 is 0 Å². The first-order valence-electron chi connectivity index (χ1n) is 7.07. The van der Waals surface area contributed by atoms with E-state index < -0.39 is 5.97 Å². The number of carbonyl (C=O) groups is 1. The number of carboxylic acids is 1. The fraction of sp³-hybridized carbons (Fsp3) is 0.235. The highest BCUT2D eigenvalue weighted by molar-refractivity contribution is 5.96. The molecular weight excluding hydrogens is 316 g/mol. The average molecular weight is 332 g/mol. The van der Waals surface area contributed by atoms with Crippen molar-refractivity contribution in [2.45, 2.75) is 0 Å². The molecule has 1 aliphatic heterocycles. The van der Waals surface area contributed by atoms with Crippen LogP contribution in [0.15, 0.2) is 24.3 Å². The van der Waals surface area contributed by atoms with Crippen molar-refractivity contribution in [2.75, 3.05) is 28.1 Å². The van der Waals surface area contributed by atoms with Crippen LogP contribution in [0.2, 0.25) is 0 Å². The molecule has 1 aliphatic rings. The Morgan fingerprint density at radius 3 is 2.25 bits per heavy atom. The largest absolute Gasteiger partial charge is 0.492 e. The molecule has 24 heavy (non-hydrogen) atoms. The number of aromatic carboxylic acids is 1. The summed E-state index contributed by atoms with van der Waals surface area (Å²) in [6, 6.07) is 6.80. The van der Waals surface area contributed by atoms with E-state index in [-0.39, 0.29) is 23.9 Å². The van der Waals surface area contributed by atoms with Gasteiger partial charge >= 0.3 is 5.97 Å². The van der Waals surface area contributed by atoms with Gasteiger partial charge < -0.3 is 28.8 Å². The van der Waals surface area contributed by atoms with Gasteiger partial charge in [-0.1, -0.05) is 6.07 Å². The number of methoxy groups -OCH3 is 3. The van der Waals surface area contributed by atoms with Crippen molar-refractivity contribution in [3.63, 3.8) is 0 Å². The fourth-order valence-electron chi connectivity index (χ4n) is 2.65. The van der Waals surface area contributed by atoms with Gasteiger partial charge in [0.2, 0.25) is 12.5 Å². The Kier molecular flexibility index (Phi) is 4.07. The molecule has 7 heteroatoms. The van der Waals surface area contributed by atoms with Crippen LogP contribution in [-0.2, 0) is 0 Å². The number of rotatable bonds is 5. The van der Waals surface area contributed by atoms with Gasteiger partial charge in [-0.15, -0.1) is 0 Å². The monoisotopic (exact) mass is 332 g/mol. The minimum atomic E-state index is -1.13. The maximum Gasteiger partial charge on any atom is 0.339 e. The first-order chi connectivity index (χ1) is 11.6. The van der Waals surface area contributed by atoms with Crippen molar-refractivity contribution in [3.05, 3.63) is 29.8 Å². The second-order valence-electron chi connectivity index (χ2n) is 4.94. The molecule has 3 rings (SSSR count). The Morgan fingerprint density at radius 2 is 1.62 bits per heavy atom. The SMILES string of the molecule is COc1c(C(=O)O)cc(-c2ccc3c(c2)OCO3)c(OC)c1OC. The van der Waals surface area contributed by atoms with Gasteiger partial charge in [-0.2, -0.15) is 0 Å². The third kappa shape index (κ3) is 2.44. The van der Waals surface area contributed by atoms with Crippen molar-refractivity contribution >= 4 is 5.97 Å². The first kappa shape index (κ1) is 15.8. The topological polar surface area (TPSA) is 83.5 Å². The highest BCUT2D eigenvalue weighted by Gasteiger charge is 2.26. The number of hydrogen-bond acceptors (Lipinski definition) is 6. The Labute approximate surface area is 138 Å². The Balaban J connectivity index is 2.26. The van der Waals surface area contributed by atoms with Crippen LogP contribution in [0, 0.1) is 0 Å². The van der Waals surface area contributed by atoms with Gasteiger partial charge in [0, 0.05) is 5.56 Å². The number of carboxylic acid groups (broad SMARTS) is 1. The summed E-state index contributed by atoms with van der Waals surface area (Å²) >= 11 is 0. The molecule has 0 aliphatic carbocycles. The summed E-state index contributed by atoms with van der Waals surface area (Å²) in [6.45, 7) is 0.155. The molecule has 1 heterocycles. The summed E-state index contributed by atoms with van der Waals surface area (Å²) in [5.74, 6) is 0.782. The van der Waals surface area contributed by atoms with Crippen molar-refractivity contribution in [3.8, 4) is 39.9 Å². The van der Waals surface area contributed by atoms with Gasteiger partial charge in [-0.25, -0.2) is 4.79 Å². The summed E-state index contributed by atoms with van der Waals surface area (Å²) in [5, 5.41) is 9.49. The van der Waals surface area contributed by atoms with E-state index in [0.717, 1.165) is 0 Å². The van der Waals surface area contributed by atoms with Gasteiger partial charge in [0.1, 0.15) is 5.56 Å². The molecule has 7 nitrogen and oxygen atoms in total. The summed E-state index contributed by atoms with van der Waals surface area (Å²) in [4.78, 5) is 11.6. The molecular formula is C17H16O7. The summed E-state index contributed by atoms with van der Waals surface area (Å²) in [5.41, 5.74) is 1.23. The van der Waals surface area contributed by atoms with E-state index in [9.17, 15) is 9.90 Å². The Hall–Kier alpha value is -3.09. The first-order valence-corrected chi connectivity index (χ1v) is 7.07. The van der Waals surface area contributed by atoms with Gasteiger partial charge in [-0.3, -0.25) is 0 Å². The Morgan fingerprint density at radius 1 is 0.958 bits per heavy atom. The van der Waals surface area contributed by atoms with Crippen molar-refractivity contribution in [1.82, 2.24) is 0 Å². The zero-order chi connectivity index (χ0) is 17.3. The van der Waals surface area contributed by atoms with Gasteiger partial charge in [-0.05, 0) is 23.8 Å². The molecule has 0 atom stereocenters. The minimum Gasteiger partial charge on any atom is -0.492 e. The van der Waals surface area contributed by atoms with Gasteiger partial charge in [0.05, 0.1) is 21.3 Å². The summed E-state index contributed by atoms with van der Waals surface area (Å²) < 4.78 is 26.7. The van der Waals surface area contributed by atoms with E-state index in [1.807, 2.05) is 0 Å². The molecule has 0 unspecified atom stereocenters.